The normalized spacial score (nSPS) is 14.6. The van der Waals surface area contributed by atoms with E-state index in [1.54, 1.807) is 0 Å². The van der Waals surface area contributed by atoms with Gasteiger partial charge in [-0.25, -0.2) is 14.3 Å². The van der Waals surface area contributed by atoms with Crippen molar-refractivity contribution in [2.24, 2.45) is 0 Å². The molecule has 2 aromatic carbocycles. The molecule has 5 aromatic rings. The van der Waals surface area contributed by atoms with Gasteiger partial charge in [0.2, 0.25) is 5.69 Å². The highest BCUT2D eigenvalue weighted by molar-refractivity contribution is 6.00. The summed E-state index contributed by atoms with van der Waals surface area (Å²) in [7, 11) is 0. The lowest BCUT2D eigenvalue weighted by atomic mass is 9.92. The molecule has 1 fully saturated rings. The van der Waals surface area contributed by atoms with Gasteiger partial charge in [0, 0.05) is 17.1 Å². The van der Waals surface area contributed by atoms with Gasteiger partial charge in [0.05, 0.1) is 24.3 Å². The fourth-order valence-corrected chi connectivity index (χ4v) is 5.05. The van der Waals surface area contributed by atoms with Crippen LogP contribution in [0.4, 0.5) is 11.5 Å². The van der Waals surface area contributed by atoms with E-state index in [1.165, 1.54) is 11.9 Å². The third kappa shape index (κ3) is 3.38. The van der Waals surface area contributed by atoms with Crippen LogP contribution in [-0.4, -0.2) is 37.5 Å². The Morgan fingerprint density at radius 2 is 1.94 bits per heavy atom. The number of nitrogen functional groups attached to an aromatic ring is 1. The quantitative estimate of drug-likeness (QED) is 0.398. The highest BCUT2D eigenvalue weighted by atomic mass is 15.3. The maximum atomic E-state index is 8.08. The standard InChI is InChI=1S/C26H24N8/c1-28-23-22(25-26(27)30-16-31-34(25)24(23)18-9-11-29-12-10-18)19-7-8-20-15-33(32-21(20)13-19)14-17-5-3-2-4-6-17/h2-8,13,15-16,18,29H,9-12,14H2,(H2,27,30,31). The molecule has 0 radical (unpaired) electrons. The van der Waals surface area contributed by atoms with Gasteiger partial charge in [-0.05, 0) is 49.0 Å². The molecule has 0 spiro atoms. The molecule has 1 aliphatic rings. The molecule has 0 aliphatic carbocycles. The average Bonchev–Trinajstić information content (AvgIpc) is 3.43. The summed E-state index contributed by atoms with van der Waals surface area (Å²) >= 11 is 0. The van der Waals surface area contributed by atoms with Crippen LogP contribution in [0.1, 0.15) is 30.0 Å². The highest BCUT2D eigenvalue weighted by Crippen LogP contribution is 2.45. The summed E-state index contributed by atoms with van der Waals surface area (Å²) in [6.07, 6.45) is 5.44. The molecule has 0 bridgehead atoms. The van der Waals surface area contributed by atoms with E-state index < -0.39 is 0 Å². The lowest BCUT2D eigenvalue weighted by Crippen LogP contribution is -2.27. The second kappa shape index (κ2) is 8.28. The fraction of sp³-hybridized carbons (Fsp3) is 0.231. The first kappa shape index (κ1) is 20.4. The summed E-state index contributed by atoms with van der Waals surface area (Å²) < 4.78 is 3.80. The first-order chi connectivity index (χ1) is 16.7. The lowest BCUT2D eigenvalue weighted by molar-refractivity contribution is 0.449. The summed E-state index contributed by atoms with van der Waals surface area (Å²) in [5.41, 5.74) is 12.4. The van der Waals surface area contributed by atoms with Crippen LogP contribution >= 0.6 is 0 Å². The van der Waals surface area contributed by atoms with Crippen LogP contribution in [-0.2, 0) is 6.54 Å². The van der Waals surface area contributed by atoms with E-state index in [2.05, 4.69) is 44.6 Å². The topological polar surface area (TPSA) is 90.4 Å². The minimum absolute atomic E-state index is 0.245. The van der Waals surface area contributed by atoms with E-state index in [4.69, 9.17) is 17.4 Å². The summed E-state index contributed by atoms with van der Waals surface area (Å²) in [6, 6.07) is 16.4. The molecule has 0 amide bonds. The number of nitrogens with one attached hydrogen (secondary N) is 1. The Hall–Kier alpha value is -4.22. The molecule has 6 rings (SSSR count). The van der Waals surface area contributed by atoms with Crippen molar-refractivity contribution in [3.63, 3.8) is 0 Å². The van der Waals surface area contributed by atoms with Crippen LogP contribution in [0.25, 0.3) is 32.4 Å². The molecule has 0 saturated carbocycles. The summed E-state index contributed by atoms with van der Waals surface area (Å²) in [4.78, 5) is 8.25. The molecular weight excluding hydrogens is 424 g/mol. The van der Waals surface area contributed by atoms with Crippen molar-refractivity contribution in [1.82, 2.24) is 29.7 Å². The Kier molecular flexibility index (Phi) is 4.97. The summed E-state index contributed by atoms with van der Waals surface area (Å²) in [5, 5.41) is 13.8. The first-order valence-electron chi connectivity index (χ1n) is 11.5. The Labute approximate surface area is 196 Å². The van der Waals surface area contributed by atoms with Gasteiger partial charge in [0.1, 0.15) is 11.8 Å². The fourth-order valence-electron chi connectivity index (χ4n) is 5.05. The number of fused-ring (bicyclic) bond motifs is 2. The van der Waals surface area contributed by atoms with E-state index in [0.717, 1.165) is 53.7 Å². The van der Waals surface area contributed by atoms with Gasteiger partial charge in [0.15, 0.2) is 5.82 Å². The van der Waals surface area contributed by atoms with Crippen LogP contribution in [0.2, 0.25) is 0 Å². The Balaban J connectivity index is 1.50. The molecule has 34 heavy (non-hydrogen) atoms. The van der Waals surface area contributed by atoms with Gasteiger partial charge in [-0.15, -0.1) is 0 Å². The molecular formula is C26H24N8. The van der Waals surface area contributed by atoms with Gasteiger partial charge >= 0.3 is 0 Å². The van der Waals surface area contributed by atoms with Gasteiger partial charge in [0.25, 0.3) is 0 Å². The molecule has 168 valence electrons. The van der Waals surface area contributed by atoms with Crippen LogP contribution < -0.4 is 11.1 Å². The Morgan fingerprint density at radius 3 is 2.74 bits per heavy atom. The van der Waals surface area contributed by atoms with Crippen molar-refractivity contribution >= 4 is 27.9 Å². The van der Waals surface area contributed by atoms with Gasteiger partial charge < -0.3 is 11.1 Å². The number of rotatable bonds is 4. The number of hydrogen-bond donors (Lipinski definition) is 2. The molecule has 8 heteroatoms. The van der Waals surface area contributed by atoms with E-state index in [1.807, 2.05) is 39.5 Å². The van der Waals surface area contributed by atoms with Crippen molar-refractivity contribution in [2.75, 3.05) is 18.8 Å². The summed E-state index contributed by atoms with van der Waals surface area (Å²) in [5.74, 6) is 0.625. The zero-order chi connectivity index (χ0) is 23.1. The van der Waals surface area contributed by atoms with Gasteiger partial charge in [-0.1, -0.05) is 42.5 Å². The second-order valence-corrected chi connectivity index (χ2v) is 8.74. The predicted molar refractivity (Wildman–Crippen MR) is 133 cm³/mol. The number of nitrogens with zero attached hydrogens (tertiary/aromatic N) is 6. The average molecular weight is 449 g/mol. The lowest BCUT2D eigenvalue weighted by Gasteiger charge is -2.23. The van der Waals surface area contributed by atoms with Crippen molar-refractivity contribution < 1.29 is 0 Å². The zero-order valence-electron chi connectivity index (χ0n) is 18.6. The van der Waals surface area contributed by atoms with Crippen LogP contribution in [0.3, 0.4) is 0 Å². The minimum Gasteiger partial charge on any atom is -0.382 e. The maximum Gasteiger partial charge on any atom is 0.218 e. The first-order valence-corrected chi connectivity index (χ1v) is 11.5. The minimum atomic E-state index is 0.245. The summed E-state index contributed by atoms with van der Waals surface area (Å²) in [6.45, 7) is 10.6. The van der Waals surface area contributed by atoms with Crippen molar-refractivity contribution in [3.8, 4) is 11.1 Å². The highest BCUT2D eigenvalue weighted by Gasteiger charge is 2.29. The molecule has 3 aromatic heterocycles. The number of nitrogens with two attached hydrogens (primary N) is 1. The SMILES string of the molecule is [C-]#[N+]c1c(-c2ccc3cn(Cc4ccccc4)nc3c2)c2c(N)ncnn2c1C1CCNCC1. The van der Waals surface area contributed by atoms with Crippen LogP contribution in [0.5, 0.6) is 0 Å². The van der Waals surface area contributed by atoms with E-state index in [0.29, 0.717) is 23.6 Å². The second-order valence-electron chi connectivity index (χ2n) is 8.74. The molecule has 4 heterocycles. The van der Waals surface area contributed by atoms with Crippen molar-refractivity contribution in [1.29, 1.82) is 0 Å². The molecule has 8 nitrogen and oxygen atoms in total. The van der Waals surface area contributed by atoms with Crippen LogP contribution in [0, 0.1) is 6.57 Å². The molecule has 0 unspecified atom stereocenters. The number of aromatic nitrogens is 5. The van der Waals surface area contributed by atoms with Gasteiger partial charge in [-0.2, -0.15) is 10.2 Å². The predicted octanol–water partition coefficient (Wildman–Crippen LogP) is 4.39. The Morgan fingerprint density at radius 1 is 1.12 bits per heavy atom. The largest absolute Gasteiger partial charge is 0.382 e. The Bertz CT molecular complexity index is 1530. The number of benzene rings is 2. The third-order valence-corrected chi connectivity index (χ3v) is 6.63. The third-order valence-electron chi connectivity index (χ3n) is 6.63. The zero-order valence-corrected chi connectivity index (χ0v) is 18.6. The molecule has 0 atom stereocenters. The van der Waals surface area contributed by atoms with Crippen molar-refractivity contribution in [2.45, 2.75) is 25.3 Å². The van der Waals surface area contributed by atoms with E-state index >= 15 is 0 Å². The molecule has 1 aliphatic heterocycles. The van der Waals surface area contributed by atoms with Gasteiger partial charge in [-0.3, -0.25) is 4.68 Å². The number of anilines is 1. The van der Waals surface area contributed by atoms with Crippen LogP contribution in [0.15, 0.2) is 61.1 Å². The smallest absolute Gasteiger partial charge is 0.218 e. The number of piperidine rings is 1. The van der Waals surface area contributed by atoms with E-state index in [9.17, 15) is 0 Å². The maximum absolute atomic E-state index is 8.08. The van der Waals surface area contributed by atoms with E-state index in [-0.39, 0.29) is 5.92 Å². The van der Waals surface area contributed by atoms with Crippen molar-refractivity contribution in [3.05, 3.63) is 83.7 Å². The molecule has 3 N–H and O–H groups in total. The monoisotopic (exact) mass is 448 g/mol. The molecule has 1 saturated heterocycles. The number of hydrogen-bond acceptors (Lipinski definition) is 5.